The molecule has 0 fully saturated rings. The lowest BCUT2D eigenvalue weighted by Gasteiger charge is -2.08. The summed E-state index contributed by atoms with van der Waals surface area (Å²) in [4.78, 5) is 24.3. The summed E-state index contributed by atoms with van der Waals surface area (Å²) in [6.07, 6.45) is 0. The zero-order valence-corrected chi connectivity index (χ0v) is 14.4. The second kappa shape index (κ2) is 6.85. The zero-order valence-electron chi connectivity index (χ0n) is 12.1. The van der Waals surface area contributed by atoms with Gasteiger partial charge in [-0.05, 0) is 29.8 Å². The highest BCUT2D eigenvalue weighted by Gasteiger charge is 2.14. The number of rotatable bonds is 3. The van der Waals surface area contributed by atoms with Crippen LogP contribution >= 0.6 is 34.8 Å². The molecule has 0 spiro atoms. The van der Waals surface area contributed by atoms with Crippen molar-refractivity contribution in [2.45, 2.75) is 6.54 Å². The number of hydrogen-bond acceptors (Lipinski definition) is 3. The predicted molar refractivity (Wildman–Crippen MR) is 95.1 cm³/mol. The van der Waals surface area contributed by atoms with Gasteiger partial charge >= 0.3 is 0 Å². The van der Waals surface area contributed by atoms with Gasteiger partial charge in [-0.15, -0.1) is 0 Å². The smallest absolute Gasteiger partial charge is 0.287 e. The average molecular weight is 383 g/mol. The van der Waals surface area contributed by atoms with Crippen LogP contribution < -0.4 is 10.7 Å². The highest BCUT2D eigenvalue weighted by molar-refractivity contribution is 6.35. The number of benzene rings is 2. The van der Waals surface area contributed by atoms with Crippen molar-refractivity contribution in [2.24, 2.45) is 0 Å². The summed E-state index contributed by atoms with van der Waals surface area (Å²) in [5, 5.41) is 4.17. The highest BCUT2D eigenvalue weighted by Crippen LogP contribution is 2.23. The van der Waals surface area contributed by atoms with Crippen LogP contribution in [0, 0.1) is 0 Å². The van der Waals surface area contributed by atoms with E-state index in [1.807, 2.05) is 0 Å². The van der Waals surface area contributed by atoms with Gasteiger partial charge in [-0.1, -0.05) is 46.9 Å². The number of hydrogen-bond donors (Lipinski definition) is 1. The Hall–Kier alpha value is -2.01. The normalized spacial score (nSPS) is 10.8. The maximum atomic E-state index is 12.2. The van der Waals surface area contributed by atoms with Crippen molar-refractivity contribution in [3.63, 3.8) is 0 Å². The summed E-state index contributed by atoms with van der Waals surface area (Å²) in [7, 11) is 0. The van der Waals surface area contributed by atoms with Crippen LogP contribution in [0.2, 0.25) is 15.1 Å². The van der Waals surface area contributed by atoms with Gasteiger partial charge in [0.15, 0.2) is 16.8 Å². The van der Waals surface area contributed by atoms with Gasteiger partial charge in [0, 0.05) is 22.7 Å². The maximum absolute atomic E-state index is 12.2. The van der Waals surface area contributed by atoms with Crippen LogP contribution in [0.4, 0.5) is 0 Å². The molecule has 4 nitrogen and oxygen atoms in total. The molecule has 24 heavy (non-hydrogen) atoms. The van der Waals surface area contributed by atoms with Crippen molar-refractivity contribution in [1.82, 2.24) is 5.32 Å². The third-order valence-corrected chi connectivity index (χ3v) is 4.27. The first-order valence-corrected chi connectivity index (χ1v) is 8.03. The molecule has 7 heteroatoms. The minimum atomic E-state index is -0.542. The Morgan fingerprint density at radius 3 is 2.58 bits per heavy atom. The third-order valence-electron chi connectivity index (χ3n) is 3.38. The van der Waals surface area contributed by atoms with Crippen LogP contribution in [0.3, 0.4) is 0 Å². The van der Waals surface area contributed by atoms with Gasteiger partial charge in [0.25, 0.3) is 5.91 Å². The number of carbonyl (C=O) groups excluding carboxylic acids is 1. The first-order chi connectivity index (χ1) is 11.5. The number of para-hydroxylation sites is 1. The number of amides is 1. The van der Waals surface area contributed by atoms with Crippen LogP contribution in [0.5, 0.6) is 0 Å². The monoisotopic (exact) mass is 381 g/mol. The van der Waals surface area contributed by atoms with Crippen LogP contribution in [-0.2, 0) is 6.54 Å². The lowest BCUT2D eigenvalue weighted by atomic mass is 10.2. The van der Waals surface area contributed by atoms with E-state index < -0.39 is 5.91 Å². The van der Waals surface area contributed by atoms with Gasteiger partial charge < -0.3 is 9.73 Å². The molecule has 0 radical (unpaired) electrons. The lowest BCUT2D eigenvalue weighted by Crippen LogP contribution is -2.24. The average Bonchev–Trinajstić information content (AvgIpc) is 2.54. The molecule has 2 aromatic carbocycles. The molecule has 1 amide bonds. The van der Waals surface area contributed by atoms with E-state index in [-0.39, 0.29) is 28.3 Å². The molecule has 1 heterocycles. The Morgan fingerprint density at radius 2 is 1.83 bits per heavy atom. The van der Waals surface area contributed by atoms with Gasteiger partial charge in [0.2, 0.25) is 0 Å². The fourth-order valence-electron chi connectivity index (χ4n) is 2.18. The first kappa shape index (κ1) is 16.8. The van der Waals surface area contributed by atoms with Gasteiger partial charge in [0.05, 0.1) is 10.4 Å². The molecule has 122 valence electrons. The molecule has 0 saturated heterocycles. The molecule has 1 aromatic heterocycles. The Kier molecular flexibility index (Phi) is 4.81. The SMILES string of the molecule is O=C(NCc1ccc(Cl)cc1Cl)c1cc(=O)c2cccc(Cl)c2o1. The van der Waals surface area contributed by atoms with E-state index in [2.05, 4.69) is 5.32 Å². The van der Waals surface area contributed by atoms with Gasteiger partial charge in [-0.3, -0.25) is 9.59 Å². The Balaban J connectivity index is 1.86. The van der Waals surface area contributed by atoms with Gasteiger partial charge in [0.1, 0.15) is 0 Å². The predicted octanol–water partition coefficient (Wildman–Crippen LogP) is 4.68. The van der Waals surface area contributed by atoms with Crippen molar-refractivity contribution < 1.29 is 9.21 Å². The second-order valence-corrected chi connectivity index (χ2v) is 6.26. The fourth-order valence-corrected chi connectivity index (χ4v) is 2.87. The summed E-state index contributed by atoms with van der Waals surface area (Å²) in [6, 6.07) is 10.9. The van der Waals surface area contributed by atoms with Gasteiger partial charge in [-0.2, -0.15) is 0 Å². The minimum absolute atomic E-state index is 0.120. The highest BCUT2D eigenvalue weighted by atomic mass is 35.5. The third kappa shape index (κ3) is 3.41. The molecule has 3 aromatic rings. The van der Waals surface area contributed by atoms with E-state index in [0.29, 0.717) is 21.0 Å². The zero-order chi connectivity index (χ0) is 17.3. The molecule has 0 atom stereocenters. The summed E-state index contributed by atoms with van der Waals surface area (Å²) in [6.45, 7) is 0.166. The molecule has 0 bridgehead atoms. The number of fused-ring (bicyclic) bond motifs is 1. The van der Waals surface area contributed by atoms with Crippen LogP contribution in [0.25, 0.3) is 11.0 Å². The Labute approximate surface area is 151 Å². The van der Waals surface area contributed by atoms with E-state index in [0.717, 1.165) is 6.07 Å². The molecule has 0 aliphatic carbocycles. The molecule has 0 aliphatic rings. The van der Waals surface area contributed by atoms with E-state index in [1.54, 1.807) is 36.4 Å². The second-order valence-electron chi connectivity index (χ2n) is 5.01. The van der Waals surface area contributed by atoms with Crippen molar-refractivity contribution >= 4 is 51.7 Å². The summed E-state index contributed by atoms with van der Waals surface area (Å²) in [5.41, 5.74) is 0.533. The van der Waals surface area contributed by atoms with Gasteiger partial charge in [-0.25, -0.2) is 0 Å². The van der Waals surface area contributed by atoms with Crippen molar-refractivity contribution in [2.75, 3.05) is 0 Å². The first-order valence-electron chi connectivity index (χ1n) is 6.90. The van der Waals surface area contributed by atoms with E-state index >= 15 is 0 Å². The van der Waals surface area contributed by atoms with Crippen molar-refractivity contribution in [1.29, 1.82) is 0 Å². The van der Waals surface area contributed by atoms with Crippen LogP contribution in [-0.4, -0.2) is 5.91 Å². The van der Waals surface area contributed by atoms with E-state index in [4.69, 9.17) is 39.2 Å². The van der Waals surface area contributed by atoms with Crippen molar-refractivity contribution in [3.05, 3.63) is 79.1 Å². The molecule has 1 N–H and O–H groups in total. The van der Waals surface area contributed by atoms with Crippen LogP contribution in [0.1, 0.15) is 16.1 Å². The van der Waals surface area contributed by atoms with Crippen molar-refractivity contribution in [3.8, 4) is 0 Å². The molecule has 3 rings (SSSR count). The lowest BCUT2D eigenvalue weighted by molar-refractivity contribution is 0.0924. The largest absolute Gasteiger partial charge is 0.449 e. The maximum Gasteiger partial charge on any atom is 0.287 e. The molecular formula is C17H10Cl3NO3. The number of halogens is 3. The summed E-state index contributed by atoms with van der Waals surface area (Å²) >= 11 is 17.9. The number of nitrogens with one attached hydrogen (secondary N) is 1. The standard InChI is InChI=1S/C17H10Cl3NO3/c18-10-5-4-9(13(20)6-10)8-21-17(23)15-7-14(22)11-2-1-3-12(19)16(11)24-15/h1-7H,8H2,(H,21,23). The molecule has 0 saturated carbocycles. The summed E-state index contributed by atoms with van der Waals surface area (Å²) < 4.78 is 5.47. The fraction of sp³-hybridized carbons (Fsp3) is 0.0588. The quantitative estimate of drug-likeness (QED) is 0.715. The Morgan fingerprint density at radius 1 is 1.04 bits per heavy atom. The minimum Gasteiger partial charge on any atom is -0.449 e. The number of carbonyl (C=O) groups is 1. The van der Waals surface area contributed by atoms with Crippen LogP contribution in [0.15, 0.2) is 51.7 Å². The van der Waals surface area contributed by atoms with E-state index in [9.17, 15) is 9.59 Å². The molecular weight excluding hydrogens is 373 g/mol. The molecule has 0 unspecified atom stereocenters. The van der Waals surface area contributed by atoms with E-state index in [1.165, 1.54) is 0 Å². The molecule has 0 aliphatic heterocycles. The Bertz CT molecular complexity index is 998. The topological polar surface area (TPSA) is 59.3 Å². The summed E-state index contributed by atoms with van der Waals surface area (Å²) in [5.74, 6) is -0.661.